The predicted molar refractivity (Wildman–Crippen MR) is 74.9 cm³/mol. The van der Waals surface area contributed by atoms with Crippen LogP contribution in [0, 0.1) is 29.1 Å². The molecule has 2 aromatic carbocycles. The van der Waals surface area contributed by atoms with Crippen LogP contribution in [0.1, 0.15) is 0 Å². The van der Waals surface area contributed by atoms with E-state index in [0.717, 1.165) is 0 Å². The normalized spacial score (nSPS) is 12.0. The standard InChI is InChI=1S/C14H5F7O6S/c15-7-8(16)10(18)12(11(19)9(7)17)26-5-1-3-6(4-2-5)27-13(22)14(20,21)28(23,24)25/h1-4H,(H,23,24,25). The molecule has 0 bridgehead atoms. The van der Waals surface area contributed by atoms with Gasteiger partial charge in [-0.25, -0.2) is 18.0 Å². The number of alkyl halides is 2. The van der Waals surface area contributed by atoms with Gasteiger partial charge in [-0.2, -0.15) is 26.0 Å². The molecule has 0 amide bonds. The minimum Gasteiger partial charge on any atom is -0.451 e. The highest BCUT2D eigenvalue weighted by Crippen LogP contribution is 2.33. The van der Waals surface area contributed by atoms with Crippen LogP contribution in [0.25, 0.3) is 0 Å². The second-order valence-corrected chi connectivity index (χ2v) is 6.32. The first-order valence-electron chi connectivity index (χ1n) is 6.63. The number of carbonyl (C=O) groups is 1. The molecule has 2 aromatic rings. The first-order chi connectivity index (χ1) is 12.8. The lowest BCUT2D eigenvalue weighted by Crippen LogP contribution is -2.40. The Morgan fingerprint density at radius 2 is 1.21 bits per heavy atom. The van der Waals surface area contributed by atoms with Gasteiger partial charge in [-0.3, -0.25) is 4.55 Å². The van der Waals surface area contributed by atoms with Gasteiger partial charge in [0.15, 0.2) is 0 Å². The van der Waals surface area contributed by atoms with Crippen molar-refractivity contribution >= 4 is 16.1 Å². The highest BCUT2D eigenvalue weighted by Gasteiger charge is 2.54. The van der Waals surface area contributed by atoms with Gasteiger partial charge in [0, 0.05) is 0 Å². The molecule has 0 fully saturated rings. The molecule has 0 atom stereocenters. The van der Waals surface area contributed by atoms with E-state index >= 15 is 0 Å². The van der Waals surface area contributed by atoms with Gasteiger partial charge in [0.25, 0.3) is 0 Å². The minimum atomic E-state index is -6.11. The fourth-order valence-electron chi connectivity index (χ4n) is 1.64. The molecule has 0 aliphatic heterocycles. The van der Waals surface area contributed by atoms with Crippen molar-refractivity contribution in [1.29, 1.82) is 0 Å². The van der Waals surface area contributed by atoms with E-state index in [2.05, 4.69) is 9.47 Å². The summed E-state index contributed by atoms with van der Waals surface area (Å²) in [5.74, 6) is -17.1. The Morgan fingerprint density at radius 3 is 1.64 bits per heavy atom. The first-order valence-corrected chi connectivity index (χ1v) is 8.07. The number of hydrogen-bond donors (Lipinski definition) is 1. The van der Waals surface area contributed by atoms with E-state index in [0.29, 0.717) is 24.3 Å². The Balaban J connectivity index is 2.25. The molecule has 0 radical (unpaired) electrons. The summed E-state index contributed by atoms with van der Waals surface area (Å²) in [4.78, 5) is 11.1. The summed E-state index contributed by atoms with van der Waals surface area (Å²) in [5, 5.41) is -5.28. The quantitative estimate of drug-likeness (QED) is 0.193. The number of ether oxygens (including phenoxy) is 2. The van der Waals surface area contributed by atoms with Gasteiger partial charge in [0.05, 0.1) is 0 Å². The Hall–Kier alpha value is -2.87. The summed E-state index contributed by atoms with van der Waals surface area (Å²) in [5.41, 5.74) is 0. The monoisotopic (exact) mass is 434 g/mol. The minimum absolute atomic E-state index is 0.565. The topological polar surface area (TPSA) is 89.9 Å². The van der Waals surface area contributed by atoms with E-state index in [-0.39, 0.29) is 0 Å². The molecule has 1 N–H and O–H groups in total. The maximum Gasteiger partial charge on any atom is 0.466 e. The van der Waals surface area contributed by atoms with Gasteiger partial charge < -0.3 is 9.47 Å². The van der Waals surface area contributed by atoms with Crippen molar-refractivity contribution < 1.29 is 58.0 Å². The van der Waals surface area contributed by atoms with Crippen LogP contribution in [0.2, 0.25) is 0 Å². The molecule has 0 aromatic heterocycles. The molecule has 28 heavy (non-hydrogen) atoms. The highest BCUT2D eigenvalue weighted by molar-refractivity contribution is 7.87. The zero-order valence-corrected chi connectivity index (χ0v) is 13.7. The summed E-state index contributed by atoms with van der Waals surface area (Å²) >= 11 is 0. The largest absolute Gasteiger partial charge is 0.466 e. The van der Waals surface area contributed by atoms with Gasteiger partial charge in [0.1, 0.15) is 11.5 Å². The van der Waals surface area contributed by atoms with Crippen LogP contribution in [0.15, 0.2) is 24.3 Å². The number of halogens is 7. The third-order valence-corrected chi connectivity index (χ3v) is 3.80. The van der Waals surface area contributed by atoms with Gasteiger partial charge in [-0.05, 0) is 24.3 Å². The summed E-state index contributed by atoms with van der Waals surface area (Å²) in [6, 6.07) is 2.76. The average Bonchev–Trinajstić information content (AvgIpc) is 2.62. The highest BCUT2D eigenvalue weighted by atomic mass is 32.2. The maximum atomic E-state index is 13.5. The fraction of sp³-hybridized carbons (Fsp3) is 0.0714. The zero-order valence-electron chi connectivity index (χ0n) is 12.9. The third-order valence-electron chi connectivity index (χ3n) is 2.99. The lowest BCUT2D eigenvalue weighted by molar-refractivity contribution is -0.151. The van der Waals surface area contributed by atoms with E-state index in [1.165, 1.54) is 0 Å². The fourth-order valence-corrected chi connectivity index (χ4v) is 1.89. The average molecular weight is 434 g/mol. The molecule has 0 saturated carbocycles. The first kappa shape index (κ1) is 21.4. The molecule has 6 nitrogen and oxygen atoms in total. The number of hydrogen-bond acceptors (Lipinski definition) is 5. The van der Waals surface area contributed by atoms with Crippen LogP contribution in [0.5, 0.6) is 17.2 Å². The molecule has 0 unspecified atom stereocenters. The van der Waals surface area contributed by atoms with Crippen molar-refractivity contribution in [3.63, 3.8) is 0 Å². The van der Waals surface area contributed by atoms with Gasteiger partial charge in [-0.15, -0.1) is 0 Å². The molecule has 0 saturated heterocycles. The van der Waals surface area contributed by atoms with Crippen LogP contribution in [0.3, 0.4) is 0 Å². The van der Waals surface area contributed by atoms with Crippen molar-refractivity contribution in [1.82, 2.24) is 0 Å². The van der Waals surface area contributed by atoms with Crippen LogP contribution >= 0.6 is 0 Å². The lowest BCUT2D eigenvalue weighted by atomic mass is 10.2. The Morgan fingerprint density at radius 1 is 0.821 bits per heavy atom. The predicted octanol–water partition coefficient (Wildman–Crippen LogP) is 3.56. The van der Waals surface area contributed by atoms with E-state index in [1.54, 1.807) is 0 Å². The van der Waals surface area contributed by atoms with Crippen LogP contribution in [-0.2, 0) is 14.9 Å². The molecule has 0 spiro atoms. The summed E-state index contributed by atoms with van der Waals surface area (Å²) in [6.07, 6.45) is 0. The van der Waals surface area contributed by atoms with Gasteiger partial charge >= 0.3 is 21.3 Å². The molecular weight excluding hydrogens is 429 g/mol. The van der Waals surface area contributed by atoms with Crippen molar-refractivity contribution in [2.75, 3.05) is 0 Å². The van der Waals surface area contributed by atoms with Crippen molar-refractivity contribution in [3.05, 3.63) is 53.4 Å². The van der Waals surface area contributed by atoms with E-state index < -0.39 is 67.7 Å². The number of benzene rings is 2. The second kappa shape index (κ2) is 7.27. The van der Waals surface area contributed by atoms with E-state index in [1.807, 2.05) is 0 Å². The second-order valence-electron chi connectivity index (χ2n) is 4.85. The molecule has 0 aliphatic rings. The molecule has 152 valence electrons. The number of rotatable bonds is 5. The molecular formula is C14H5F7O6S. The van der Waals surface area contributed by atoms with Crippen molar-refractivity contribution in [3.8, 4) is 17.2 Å². The molecule has 14 heteroatoms. The van der Waals surface area contributed by atoms with E-state index in [9.17, 15) is 43.9 Å². The smallest absolute Gasteiger partial charge is 0.451 e. The lowest BCUT2D eigenvalue weighted by Gasteiger charge is -2.12. The molecule has 0 heterocycles. The van der Waals surface area contributed by atoms with Crippen molar-refractivity contribution in [2.45, 2.75) is 5.25 Å². The summed E-state index contributed by atoms with van der Waals surface area (Å²) < 4.78 is 130. The Kier molecular flexibility index (Phi) is 5.57. The van der Waals surface area contributed by atoms with E-state index in [4.69, 9.17) is 4.55 Å². The van der Waals surface area contributed by atoms with Crippen LogP contribution < -0.4 is 9.47 Å². The summed E-state index contributed by atoms with van der Waals surface area (Å²) in [6.45, 7) is 0. The maximum absolute atomic E-state index is 13.5. The van der Waals surface area contributed by atoms with Gasteiger partial charge in [0.2, 0.25) is 34.8 Å². The van der Waals surface area contributed by atoms with Crippen molar-refractivity contribution in [2.24, 2.45) is 0 Å². The SMILES string of the molecule is O=C(Oc1ccc(Oc2c(F)c(F)c(F)c(F)c2F)cc1)C(F)(F)S(=O)(=O)O. The molecule has 0 aliphatic carbocycles. The van der Waals surface area contributed by atoms with Crippen LogP contribution in [0.4, 0.5) is 30.7 Å². The van der Waals surface area contributed by atoms with Gasteiger partial charge in [-0.1, -0.05) is 0 Å². The number of carbonyl (C=O) groups excluding carboxylic acids is 1. The Labute approximate surface area is 150 Å². The number of esters is 1. The van der Waals surface area contributed by atoms with Crippen LogP contribution in [-0.4, -0.2) is 24.2 Å². The molecule has 2 rings (SSSR count). The third kappa shape index (κ3) is 3.87. The zero-order chi connectivity index (χ0) is 21.4. The summed E-state index contributed by atoms with van der Waals surface area (Å²) in [7, 11) is -6.11. The Bertz CT molecular complexity index is 1010.